The van der Waals surface area contributed by atoms with Gasteiger partial charge in [-0.1, -0.05) is 30.3 Å². The molecule has 0 N–H and O–H groups in total. The van der Waals surface area contributed by atoms with Crippen molar-refractivity contribution < 1.29 is 30.5 Å². The normalized spacial score (nSPS) is 19.6. The van der Waals surface area contributed by atoms with Gasteiger partial charge < -0.3 is 8.92 Å². The topological polar surface area (TPSA) is 52.6 Å². The van der Waals surface area contributed by atoms with Crippen molar-refractivity contribution in [2.24, 2.45) is 0 Å². The zero-order chi connectivity index (χ0) is 16.2. The molecule has 0 radical (unpaired) electrons. The van der Waals surface area contributed by atoms with Gasteiger partial charge in [-0.2, -0.15) is 21.6 Å². The zero-order valence-electron chi connectivity index (χ0n) is 11.5. The Balaban J connectivity index is 1.85. The lowest BCUT2D eigenvalue weighted by Gasteiger charge is -2.22. The first-order valence-electron chi connectivity index (χ1n) is 6.63. The minimum absolute atomic E-state index is 0.0920. The number of alkyl halides is 3. The van der Waals surface area contributed by atoms with Gasteiger partial charge in [0.1, 0.15) is 5.76 Å². The molecule has 1 atom stereocenters. The molecule has 8 heteroatoms. The van der Waals surface area contributed by atoms with Gasteiger partial charge >= 0.3 is 15.6 Å². The van der Waals surface area contributed by atoms with Crippen LogP contribution in [0.5, 0.6) is 0 Å². The quantitative estimate of drug-likeness (QED) is 0.610. The average Bonchev–Trinajstić information content (AvgIpc) is 2.46. The molecular weight excluding hydrogens is 321 g/mol. The SMILES string of the molecule is O=S(=O)(OC1=CC[C@@H](OCc2ccccc2)CC1)C(F)(F)F. The fraction of sp³-hybridized carbons (Fsp3) is 0.429. The maximum Gasteiger partial charge on any atom is 0.534 e. The van der Waals surface area contributed by atoms with E-state index in [-0.39, 0.29) is 18.3 Å². The van der Waals surface area contributed by atoms with Crippen LogP contribution in [0.3, 0.4) is 0 Å². The molecule has 1 aromatic rings. The van der Waals surface area contributed by atoms with Crippen LogP contribution in [0.2, 0.25) is 0 Å². The smallest absolute Gasteiger partial charge is 0.381 e. The summed E-state index contributed by atoms with van der Waals surface area (Å²) in [6.45, 7) is 0.399. The predicted molar refractivity (Wildman–Crippen MR) is 73.0 cm³/mol. The van der Waals surface area contributed by atoms with Crippen LogP contribution in [0.15, 0.2) is 42.2 Å². The fourth-order valence-corrected chi connectivity index (χ4v) is 2.52. The summed E-state index contributed by atoms with van der Waals surface area (Å²) in [5.74, 6) is -0.183. The van der Waals surface area contributed by atoms with Gasteiger partial charge in [0.15, 0.2) is 0 Å². The molecule has 0 fully saturated rings. The van der Waals surface area contributed by atoms with Crippen molar-refractivity contribution in [2.45, 2.75) is 37.5 Å². The highest BCUT2D eigenvalue weighted by molar-refractivity contribution is 7.87. The summed E-state index contributed by atoms with van der Waals surface area (Å²) in [7, 11) is -5.58. The summed E-state index contributed by atoms with van der Waals surface area (Å²) >= 11 is 0. The van der Waals surface area contributed by atoms with Gasteiger partial charge in [-0.3, -0.25) is 0 Å². The maximum atomic E-state index is 12.2. The summed E-state index contributed by atoms with van der Waals surface area (Å²) in [5.41, 5.74) is -4.41. The number of rotatable bonds is 5. The van der Waals surface area contributed by atoms with E-state index in [2.05, 4.69) is 4.18 Å². The first-order valence-corrected chi connectivity index (χ1v) is 8.04. The molecule has 0 heterocycles. The Morgan fingerprint density at radius 2 is 1.86 bits per heavy atom. The largest absolute Gasteiger partial charge is 0.534 e. The Morgan fingerprint density at radius 1 is 1.18 bits per heavy atom. The molecule has 0 saturated heterocycles. The van der Waals surface area contributed by atoms with Crippen LogP contribution < -0.4 is 0 Å². The van der Waals surface area contributed by atoms with Crippen LogP contribution in [-0.4, -0.2) is 20.0 Å². The average molecular weight is 336 g/mol. The molecule has 0 spiro atoms. The van der Waals surface area contributed by atoms with Gasteiger partial charge in [-0.25, -0.2) is 0 Å². The van der Waals surface area contributed by atoms with Crippen molar-refractivity contribution in [1.29, 1.82) is 0 Å². The third-order valence-corrected chi connectivity index (χ3v) is 4.15. The predicted octanol–water partition coefficient (Wildman–Crippen LogP) is 3.51. The molecule has 1 aromatic carbocycles. The maximum absolute atomic E-state index is 12.2. The molecule has 0 amide bonds. The van der Waals surface area contributed by atoms with Crippen molar-refractivity contribution in [2.75, 3.05) is 0 Å². The number of hydrogen-bond acceptors (Lipinski definition) is 4. The molecule has 0 bridgehead atoms. The van der Waals surface area contributed by atoms with E-state index in [0.717, 1.165) is 5.56 Å². The van der Waals surface area contributed by atoms with Crippen LogP contribution >= 0.6 is 0 Å². The molecule has 4 nitrogen and oxygen atoms in total. The Morgan fingerprint density at radius 3 is 2.41 bits per heavy atom. The highest BCUT2D eigenvalue weighted by Gasteiger charge is 2.48. The van der Waals surface area contributed by atoms with E-state index in [1.165, 1.54) is 6.08 Å². The van der Waals surface area contributed by atoms with Gasteiger partial charge in [-0.05, 0) is 24.5 Å². The lowest BCUT2D eigenvalue weighted by atomic mass is 10.0. The molecule has 2 rings (SSSR count). The van der Waals surface area contributed by atoms with Gasteiger partial charge in [0, 0.05) is 6.42 Å². The highest BCUT2D eigenvalue weighted by Crippen LogP contribution is 2.30. The van der Waals surface area contributed by atoms with E-state index in [4.69, 9.17) is 4.74 Å². The molecular formula is C14H15F3O4S. The van der Waals surface area contributed by atoms with Crippen LogP contribution in [0.1, 0.15) is 24.8 Å². The summed E-state index contributed by atoms with van der Waals surface area (Å²) in [6.07, 6.45) is 1.99. The third kappa shape index (κ3) is 4.48. The number of ether oxygens (including phenoxy) is 1. The molecule has 1 aliphatic rings. The Bertz CT molecular complexity index is 623. The van der Waals surface area contributed by atoms with Crippen molar-refractivity contribution in [3.05, 3.63) is 47.7 Å². The van der Waals surface area contributed by atoms with Crippen molar-refractivity contribution >= 4 is 10.1 Å². The summed E-state index contributed by atoms with van der Waals surface area (Å²) in [4.78, 5) is 0. The van der Waals surface area contributed by atoms with E-state index in [0.29, 0.717) is 19.4 Å². The lowest BCUT2D eigenvalue weighted by molar-refractivity contribution is -0.0526. The summed E-state index contributed by atoms with van der Waals surface area (Å²) < 4.78 is 68.2. The fourth-order valence-electron chi connectivity index (χ4n) is 1.99. The molecule has 1 aliphatic carbocycles. The Kier molecular flexibility index (Phi) is 5.12. The van der Waals surface area contributed by atoms with Crippen LogP contribution in [0.4, 0.5) is 13.2 Å². The number of halogens is 3. The standard InChI is InChI=1S/C14H15F3O4S/c15-14(16,17)22(18,19)21-13-8-6-12(7-9-13)20-10-11-4-2-1-3-5-11/h1-5,8,12H,6-7,9-10H2/t12-/m1/s1. The van der Waals surface area contributed by atoms with Crippen LogP contribution in [0, 0.1) is 0 Å². The van der Waals surface area contributed by atoms with Crippen molar-refractivity contribution in [1.82, 2.24) is 0 Å². The van der Waals surface area contributed by atoms with E-state index < -0.39 is 15.6 Å². The Hall–Kier alpha value is -1.54. The summed E-state index contributed by atoms with van der Waals surface area (Å²) in [5, 5.41) is 0. The number of benzene rings is 1. The van der Waals surface area contributed by atoms with Gasteiger partial charge in [0.05, 0.1) is 12.7 Å². The van der Waals surface area contributed by atoms with Gasteiger partial charge in [0.25, 0.3) is 0 Å². The van der Waals surface area contributed by atoms with Crippen molar-refractivity contribution in [3.63, 3.8) is 0 Å². The monoisotopic (exact) mass is 336 g/mol. The first kappa shape index (κ1) is 16.8. The first-order chi connectivity index (χ1) is 10.3. The molecule has 0 saturated carbocycles. The highest BCUT2D eigenvalue weighted by atomic mass is 32.2. The number of allylic oxidation sites excluding steroid dienone is 1. The minimum atomic E-state index is -5.58. The molecule has 122 valence electrons. The van der Waals surface area contributed by atoms with Crippen molar-refractivity contribution in [3.8, 4) is 0 Å². The van der Waals surface area contributed by atoms with E-state index >= 15 is 0 Å². The molecule has 0 unspecified atom stereocenters. The number of hydrogen-bond donors (Lipinski definition) is 0. The summed E-state index contributed by atoms with van der Waals surface area (Å²) in [6, 6.07) is 9.46. The van der Waals surface area contributed by atoms with E-state index in [1.54, 1.807) is 0 Å². The molecule has 0 aliphatic heterocycles. The third-order valence-electron chi connectivity index (χ3n) is 3.15. The van der Waals surface area contributed by atoms with Crippen LogP contribution in [0.25, 0.3) is 0 Å². The van der Waals surface area contributed by atoms with Crippen LogP contribution in [-0.2, 0) is 25.6 Å². The lowest BCUT2D eigenvalue weighted by Crippen LogP contribution is -2.26. The second-order valence-corrected chi connectivity index (χ2v) is 6.38. The van der Waals surface area contributed by atoms with E-state index in [9.17, 15) is 21.6 Å². The Labute approximate surface area is 126 Å². The minimum Gasteiger partial charge on any atom is -0.381 e. The molecule has 0 aromatic heterocycles. The van der Waals surface area contributed by atoms with Gasteiger partial charge in [-0.15, -0.1) is 0 Å². The second kappa shape index (κ2) is 6.70. The van der Waals surface area contributed by atoms with Gasteiger partial charge in [0.2, 0.25) is 0 Å². The van der Waals surface area contributed by atoms with E-state index in [1.807, 2.05) is 30.3 Å². The zero-order valence-corrected chi connectivity index (χ0v) is 12.4. The molecule has 22 heavy (non-hydrogen) atoms. The second-order valence-electron chi connectivity index (χ2n) is 4.85.